The molecule has 0 aliphatic heterocycles. The first-order chi connectivity index (χ1) is 11.9. The van der Waals surface area contributed by atoms with E-state index in [1.165, 1.54) is 41.3 Å². The molecule has 1 atom stereocenters. The molecule has 0 aliphatic carbocycles. The van der Waals surface area contributed by atoms with E-state index in [1.54, 1.807) is 25.1 Å². The number of anilines is 1. The van der Waals surface area contributed by atoms with Gasteiger partial charge < -0.3 is 5.32 Å². The summed E-state index contributed by atoms with van der Waals surface area (Å²) in [5.41, 5.74) is 1.12. The average molecular weight is 394 g/mol. The Bertz CT molecular complexity index is 961. The number of nitro groups is 1. The number of hydrogen-bond acceptors (Lipinski definition) is 6. The van der Waals surface area contributed by atoms with Crippen LogP contribution in [0.2, 0.25) is 5.02 Å². The molecule has 1 unspecified atom stereocenters. The summed E-state index contributed by atoms with van der Waals surface area (Å²) < 4.78 is 1.76. The van der Waals surface area contributed by atoms with Crippen molar-refractivity contribution in [1.29, 1.82) is 0 Å². The first-order valence-electron chi connectivity index (χ1n) is 7.20. The van der Waals surface area contributed by atoms with E-state index in [9.17, 15) is 14.9 Å². The Hall–Kier alpha value is -2.16. The second-order valence-corrected chi connectivity index (χ2v) is 8.20. The summed E-state index contributed by atoms with van der Waals surface area (Å²) in [5.74, 6) is -0.247. The highest BCUT2D eigenvalue weighted by atomic mass is 35.5. The number of halogens is 1. The minimum absolute atomic E-state index is 0.0684. The number of nitrogens with zero attached hydrogens (tertiary/aromatic N) is 2. The van der Waals surface area contributed by atoms with E-state index in [-0.39, 0.29) is 11.6 Å². The van der Waals surface area contributed by atoms with Crippen LogP contribution in [0.3, 0.4) is 0 Å². The summed E-state index contributed by atoms with van der Waals surface area (Å²) >= 11 is 8.77. The summed E-state index contributed by atoms with van der Waals surface area (Å²) in [6.45, 7) is 1.76. The van der Waals surface area contributed by atoms with Crippen molar-refractivity contribution in [3.8, 4) is 0 Å². The van der Waals surface area contributed by atoms with Crippen molar-refractivity contribution in [2.75, 3.05) is 5.32 Å². The first-order valence-corrected chi connectivity index (χ1v) is 9.28. The third-order valence-corrected chi connectivity index (χ3v) is 5.77. The zero-order chi connectivity index (χ0) is 18.0. The smallest absolute Gasteiger partial charge is 0.271 e. The highest BCUT2D eigenvalue weighted by molar-refractivity contribution is 8.02. The molecule has 25 heavy (non-hydrogen) atoms. The Labute approximate surface area is 156 Å². The summed E-state index contributed by atoms with van der Waals surface area (Å²) in [4.78, 5) is 27.1. The molecule has 1 amide bonds. The summed E-state index contributed by atoms with van der Waals surface area (Å²) in [7, 11) is 0. The number of nitrogens with one attached hydrogen (secondary N) is 1. The second kappa shape index (κ2) is 7.38. The van der Waals surface area contributed by atoms with Crippen LogP contribution in [0.4, 0.5) is 11.4 Å². The topological polar surface area (TPSA) is 85.1 Å². The lowest BCUT2D eigenvalue weighted by molar-refractivity contribution is -0.384. The molecule has 2 aromatic carbocycles. The van der Waals surface area contributed by atoms with E-state index in [0.717, 1.165) is 14.6 Å². The number of carbonyl (C=O) groups excluding carboxylic acids is 1. The van der Waals surface area contributed by atoms with Crippen molar-refractivity contribution in [3.63, 3.8) is 0 Å². The second-order valence-electron chi connectivity index (χ2n) is 5.15. The Morgan fingerprint density at radius 1 is 1.36 bits per heavy atom. The number of fused-ring (bicyclic) bond motifs is 1. The van der Waals surface area contributed by atoms with Crippen LogP contribution in [0, 0.1) is 10.1 Å². The molecule has 0 saturated heterocycles. The van der Waals surface area contributed by atoms with Gasteiger partial charge >= 0.3 is 0 Å². The molecule has 128 valence electrons. The quantitative estimate of drug-likeness (QED) is 0.375. The fourth-order valence-electron chi connectivity index (χ4n) is 2.08. The number of carbonyl (C=O) groups is 1. The van der Waals surface area contributed by atoms with Crippen LogP contribution in [0.15, 0.2) is 46.8 Å². The van der Waals surface area contributed by atoms with Gasteiger partial charge in [0.25, 0.3) is 5.69 Å². The molecule has 0 saturated carbocycles. The molecule has 1 heterocycles. The lowest BCUT2D eigenvalue weighted by atomic mass is 10.2. The fraction of sp³-hybridized carbons (Fsp3) is 0.125. The maximum Gasteiger partial charge on any atom is 0.271 e. The predicted molar refractivity (Wildman–Crippen MR) is 102 cm³/mol. The molecule has 9 heteroatoms. The van der Waals surface area contributed by atoms with Gasteiger partial charge in [-0.25, -0.2) is 4.98 Å². The number of hydrogen-bond donors (Lipinski definition) is 1. The lowest BCUT2D eigenvalue weighted by Crippen LogP contribution is -2.22. The summed E-state index contributed by atoms with van der Waals surface area (Å²) in [6, 6.07) is 11.3. The molecule has 0 bridgehead atoms. The molecule has 0 aliphatic rings. The van der Waals surface area contributed by atoms with Crippen molar-refractivity contribution in [3.05, 3.63) is 57.6 Å². The van der Waals surface area contributed by atoms with Gasteiger partial charge in [0.15, 0.2) is 4.34 Å². The van der Waals surface area contributed by atoms with Crippen molar-refractivity contribution < 1.29 is 9.72 Å². The minimum atomic E-state index is -0.500. The number of nitro benzene ring substituents is 1. The van der Waals surface area contributed by atoms with Crippen LogP contribution >= 0.6 is 34.7 Å². The van der Waals surface area contributed by atoms with Gasteiger partial charge in [-0.3, -0.25) is 14.9 Å². The van der Waals surface area contributed by atoms with Gasteiger partial charge in [-0.05, 0) is 31.2 Å². The third kappa shape index (κ3) is 4.28. The number of thioether (sulfide) groups is 1. The highest BCUT2D eigenvalue weighted by Crippen LogP contribution is 2.33. The number of benzene rings is 2. The molecular formula is C16H12ClN3O3S2. The largest absolute Gasteiger partial charge is 0.325 e. The summed E-state index contributed by atoms with van der Waals surface area (Å²) in [6.07, 6.45) is 0. The van der Waals surface area contributed by atoms with E-state index >= 15 is 0 Å². The maximum absolute atomic E-state index is 12.3. The third-order valence-electron chi connectivity index (χ3n) is 3.30. The van der Waals surface area contributed by atoms with E-state index < -0.39 is 10.2 Å². The predicted octanol–water partition coefficient (Wildman–Crippen LogP) is 4.98. The van der Waals surface area contributed by atoms with Crippen molar-refractivity contribution in [2.45, 2.75) is 16.5 Å². The molecule has 0 fully saturated rings. The van der Waals surface area contributed by atoms with Gasteiger partial charge in [0, 0.05) is 22.8 Å². The Kier molecular flexibility index (Phi) is 5.22. The van der Waals surface area contributed by atoms with Crippen LogP contribution in [0.25, 0.3) is 10.2 Å². The number of amides is 1. The average Bonchev–Trinajstić information content (AvgIpc) is 2.96. The van der Waals surface area contributed by atoms with Crippen molar-refractivity contribution in [1.82, 2.24) is 4.98 Å². The number of rotatable bonds is 5. The monoisotopic (exact) mass is 393 g/mol. The Morgan fingerprint density at radius 3 is 2.92 bits per heavy atom. The van der Waals surface area contributed by atoms with Gasteiger partial charge in [-0.15, -0.1) is 11.3 Å². The molecule has 1 aromatic heterocycles. The zero-order valence-corrected chi connectivity index (χ0v) is 15.3. The van der Waals surface area contributed by atoms with Crippen molar-refractivity contribution in [2.24, 2.45) is 0 Å². The fourth-order valence-corrected chi connectivity index (χ4v) is 4.43. The Balaban J connectivity index is 1.69. The SMILES string of the molecule is CC(Sc1nc2cc(Cl)ccc2s1)C(=O)Nc1cccc([N+](=O)[O-])c1. The molecule has 3 rings (SSSR count). The van der Waals surface area contributed by atoms with Gasteiger partial charge in [-0.2, -0.15) is 0 Å². The minimum Gasteiger partial charge on any atom is -0.325 e. The van der Waals surface area contributed by atoms with Crippen LogP contribution in [-0.2, 0) is 4.79 Å². The lowest BCUT2D eigenvalue weighted by Gasteiger charge is -2.10. The molecule has 1 N–H and O–H groups in total. The molecule has 3 aromatic rings. The normalized spacial score (nSPS) is 12.1. The standard InChI is InChI=1S/C16H12ClN3O3S2/c1-9(15(21)18-11-3-2-4-12(8-11)20(22)23)24-16-19-13-7-10(17)5-6-14(13)25-16/h2-9H,1H3,(H,18,21). The number of non-ortho nitro benzene ring substituents is 1. The summed E-state index contributed by atoms with van der Waals surface area (Å²) in [5, 5.41) is 13.7. The van der Waals surface area contributed by atoms with Crippen molar-refractivity contribution >= 4 is 62.2 Å². The van der Waals surface area contributed by atoms with Crippen LogP contribution in [0.5, 0.6) is 0 Å². The number of thiazole rings is 1. The maximum atomic E-state index is 12.3. The van der Waals surface area contributed by atoms with E-state index in [4.69, 9.17) is 11.6 Å². The van der Waals surface area contributed by atoms with Crippen LogP contribution in [-0.4, -0.2) is 21.1 Å². The zero-order valence-electron chi connectivity index (χ0n) is 12.9. The highest BCUT2D eigenvalue weighted by Gasteiger charge is 2.18. The van der Waals surface area contributed by atoms with Crippen LogP contribution < -0.4 is 5.32 Å². The van der Waals surface area contributed by atoms with Crippen LogP contribution in [0.1, 0.15) is 6.92 Å². The van der Waals surface area contributed by atoms with Gasteiger partial charge in [0.1, 0.15) is 0 Å². The number of aromatic nitrogens is 1. The van der Waals surface area contributed by atoms with Gasteiger partial charge in [0.2, 0.25) is 5.91 Å². The van der Waals surface area contributed by atoms with E-state index in [0.29, 0.717) is 10.7 Å². The van der Waals surface area contributed by atoms with Gasteiger partial charge in [0.05, 0.1) is 20.4 Å². The molecule has 0 radical (unpaired) electrons. The van der Waals surface area contributed by atoms with E-state index in [1.807, 2.05) is 6.07 Å². The Morgan fingerprint density at radius 2 is 2.16 bits per heavy atom. The first kappa shape index (κ1) is 17.7. The van der Waals surface area contributed by atoms with Gasteiger partial charge in [-0.1, -0.05) is 29.4 Å². The molecule has 0 spiro atoms. The molecule has 6 nitrogen and oxygen atoms in total. The molecular weight excluding hydrogens is 382 g/mol. The van der Waals surface area contributed by atoms with E-state index in [2.05, 4.69) is 10.3 Å².